The Morgan fingerprint density at radius 1 is 1.45 bits per heavy atom. The maximum Gasteiger partial charge on any atom is 0.251 e. The number of rotatable bonds is 5. The van der Waals surface area contributed by atoms with Gasteiger partial charge in [0.25, 0.3) is 5.91 Å². The van der Waals surface area contributed by atoms with E-state index in [4.69, 9.17) is 5.84 Å². The van der Waals surface area contributed by atoms with Gasteiger partial charge in [-0.05, 0) is 23.6 Å². The van der Waals surface area contributed by atoms with Crippen LogP contribution in [0.2, 0.25) is 0 Å². The summed E-state index contributed by atoms with van der Waals surface area (Å²) < 4.78 is 0. The molecular formula is C14H18N4OS. The lowest BCUT2D eigenvalue weighted by molar-refractivity contribution is 0.0946. The molecule has 1 amide bonds. The van der Waals surface area contributed by atoms with Crippen LogP contribution in [0.15, 0.2) is 35.8 Å². The van der Waals surface area contributed by atoms with Crippen molar-refractivity contribution in [2.24, 2.45) is 5.84 Å². The molecule has 0 spiro atoms. The summed E-state index contributed by atoms with van der Waals surface area (Å²) in [5.74, 6) is 5.62. The summed E-state index contributed by atoms with van der Waals surface area (Å²) >= 11 is 1.70. The van der Waals surface area contributed by atoms with Crippen molar-refractivity contribution in [3.8, 4) is 0 Å². The second-order valence-electron chi connectivity index (χ2n) is 5.12. The molecule has 6 heteroatoms. The zero-order valence-electron chi connectivity index (χ0n) is 11.5. The average Bonchev–Trinajstić information content (AvgIpc) is 3.00. The predicted molar refractivity (Wildman–Crippen MR) is 81.7 cm³/mol. The van der Waals surface area contributed by atoms with Crippen LogP contribution in [-0.4, -0.2) is 17.4 Å². The summed E-state index contributed by atoms with van der Waals surface area (Å²) in [7, 11) is 0. The Hall–Kier alpha value is -1.92. The highest BCUT2D eigenvalue weighted by molar-refractivity contribution is 7.10. The lowest BCUT2D eigenvalue weighted by Gasteiger charge is -2.23. The number of nitrogens with two attached hydrogens (primary N) is 1. The van der Waals surface area contributed by atoms with Gasteiger partial charge in [0.2, 0.25) is 0 Å². The number of pyridine rings is 1. The monoisotopic (exact) mass is 290 g/mol. The van der Waals surface area contributed by atoms with E-state index in [0.29, 0.717) is 17.9 Å². The number of nitrogen functional groups attached to an aromatic ring is 1. The molecular weight excluding hydrogens is 272 g/mol. The molecule has 2 heterocycles. The van der Waals surface area contributed by atoms with E-state index >= 15 is 0 Å². The summed E-state index contributed by atoms with van der Waals surface area (Å²) in [6, 6.07) is 7.38. The fraction of sp³-hybridized carbons (Fsp3) is 0.286. The minimum atomic E-state index is -0.131. The number of carbonyl (C=O) groups excluding carboxylic acids is 1. The van der Waals surface area contributed by atoms with Crippen molar-refractivity contribution in [3.63, 3.8) is 0 Å². The molecule has 5 nitrogen and oxygen atoms in total. The van der Waals surface area contributed by atoms with Gasteiger partial charge in [0.15, 0.2) is 0 Å². The largest absolute Gasteiger partial charge is 0.351 e. The van der Waals surface area contributed by atoms with Crippen LogP contribution >= 0.6 is 11.3 Å². The first-order chi connectivity index (χ1) is 9.53. The van der Waals surface area contributed by atoms with Gasteiger partial charge in [0.05, 0.1) is 0 Å². The minimum absolute atomic E-state index is 0.0915. The van der Waals surface area contributed by atoms with Crippen molar-refractivity contribution < 1.29 is 4.79 Å². The van der Waals surface area contributed by atoms with Gasteiger partial charge in [-0.1, -0.05) is 19.9 Å². The fourth-order valence-corrected chi connectivity index (χ4v) is 2.66. The topological polar surface area (TPSA) is 80.0 Å². The molecule has 2 rings (SSSR count). The highest BCUT2D eigenvalue weighted by Crippen LogP contribution is 2.26. The molecule has 2 aromatic heterocycles. The molecule has 0 aromatic carbocycles. The van der Waals surface area contributed by atoms with E-state index in [-0.39, 0.29) is 11.3 Å². The third-order valence-corrected chi connectivity index (χ3v) is 4.28. The number of nitrogens with one attached hydrogen (secondary N) is 2. The number of hydrazine groups is 1. The zero-order valence-corrected chi connectivity index (χ0v) is 12.3. The first kappa shape index (κ1) is 14.5. The Morgan fingerprint density at radius 3 is 2.90 bits per heavy atom. The molecule has 0 unspecified atom stereocenters. The first-order valence-electron chi connectivity index (χ1n) is 6.28. The number of anilines is 1. The van der Waals surface area contributed by atoms with Gasteiger partial charge < -0.3 is 10.7 Å². The number of hydrogen-bond acceptors (Lipinski definition) is 5. The summed E-state index contributed by atoms with van der Waals surface area (Å²) in [4.78, 5) is 17.3. The van der Waals surface area contributed by atoms with Crippen molar-refractivity contribution in [2.75, 3.05) is 12.0 Å². The molecule has 0 atom stereocenters. The number of nitrogens with zero attached hydrogens (tertiary/aromatic N) is 1. The Morgan fingerprint density at radius 2 is 2.25 bits per heavy atom. The summed E-state index contributed by atoms with van der Waals surface area (Å²) in [6.45, 7) is 4.79. The van der Waals surface area contributed by atoms with Crippen LogP contribution in [0.25, 0.3) is 0 Å². The molecule has 0 radical (unpaired) electrons. The number of aromatic nitrogens is 1. The molecule has 0 aliphatic rings. The van der Waals surface area contributed by atoms with E-state index in [2.05, 4.69) is 35.6 Å². The molecule has 0 saturated heterocycles. The van der Waals surface area contributed by atoms with Crippen LogP contribution in [0.1, 0.15) is 29.1 Å². The standard InChI is InChI=1S/C14H18N4OS/c1-14(2,11-4-3-7-20-11)9-17-13(19)10-5-6-16-12(8-10)18-15/h3-8H,9,15H2,1-2H3,(H,16,18)(H,17,19). The van der Waals surface area contributed by atoms with Gasteiger partial charge in [-0.2, -0.15) is 0 Å². The Bertz CT molecular complexity index is 581. The molecule has 106 valence electrons. The SMILES string of the molecule is CC(C)(CNC(=O)c1ccnc(NN)c1)c1cccs1. The lowest BCUT2D eigenvalue weighted by atomic mass is 9.91. The summed E-state index contributed by atoms with van der Waals surface area (Å²) in [5, 5.41) is 4.99. The second-order valence-corrected chi connectivity index (χ2v) is 6.07. The van der Waals surface area contributed by atoms with Gasteiger partial charge in [-0.15, -0.1) is 11.3 Å². The van der Waals surface area contributed by atoms with Crippen LogP contribution in [0.4, 0.5) is 5.82 Å². The van der Waals surface area contributed by atoms with Crippen molar-refractivity contribution in [1.29, 1.82) is 0 Å². The van der Waals surface area contributed by atoms with Crippen molar-refractivity contribution in [3.05, 3.63) is 46.3 Å². The molecule has 0 bridgehead atoms. The number of hydrogen-bond donors (Lipinski definition) is 3. The van der Waals surface area contributed by atoms with Gasteiger partial charge in [-0.25, -0.2) is 10.8 Å². The molecule has 0 saturated carbocycles. The molecule has 4 N–H and O–H groups in total. The van der Waals surface area contributed by atoms with E-state index in [1.807, 2.05) is 11.4 Å². The van der Waals surface area contributed by atoms with E-state index in [9.17, 15) is 4.79 Å². The quantitative estimate of drug-likeness (QED) is 0.582. The van der Waals surface area contributed by atoms with Gasteiger partial charge in [0, 0.05) is 28.6 Å². The van der Waals surface area contributed by atoms with Crippen molar-refractivity contribution >= 4 is 23.1 Å². The van der Waals surface area contributed by atoms with Crippen LogP contribution in [0.5, 0.6) is 0 Å². The van der Waals surface area contributed by atoms with Crippen molar-refractivity contribution in [2.45, 2.75) is 19.3 Å². The van der Waals surface area contributed by atoms with Crippen LogP contribution in [0.3, 0.4) is 0 Å². The Labute approximate surface area is 122 Å². The first-order valence-corrected chi connectivity index (χ1v) is 7.16. The highest BCUT2D eigenvalue weighted by Gasteiger charge is 2.22. The highest BCUT2D eigenvalue weighted by atomic mass is 32.1. The van der Waals surface area contributed by atoms with E-state index in [1.54, 1.807) is 29.7 Å². The normalized spacial score (nSPS) is 11.2. The van der Waals surface area contributed by atoms with Crippen molar-refractivity contribution in [1.82, 2.24) is 10.3 Å². The van der Waals surface area contributed by atoms with Gasteiger partial charge in [-0.3, -0.25) is 4.79 Å². The third-order valence-electron chi connectivity index (χ3n) is 3.05. The van der Waals surface area contributed by atoms with E-state index in [0.717, 1.165) is 0 Å². The summed E-state index contributed by atoms with van der Waals surface area (Å²) in [6.07, 6.45) is 1.55. The van der Waals surface area contributed by atoms with E-state index < -0.39 is 0 Å². The Kier molecular flexibility index (Phi) is 4.36. The smallest absolute Gasteiger partial charge is 0.251 e. The Balaban J connectivity index is 2.01. The maximum atomic E-state index is 12.1. The molecule has 0 aliphatic heterocycles. The molecule has 2 aromatic rings. The van der Waals surface area contributed by atoms with Crippen LogP contribution < -0.4 is 16.6 Å². The third kappa shape index (κ3) is 3.34. The van der Waals surface area contributed by atoms with Crippen LogP contribution in [0, 0.1) is 0 Å². The van der Waals surface area contributed by atoms with E-state index in [1.165, 1.54) is 4.88 Å². The fourth-order valence-electron chi connectivity index (χ4n) is 1.80. The lowest BCUT2D eigenvalue weighted by Crippen LogP contribution is -2.36. The maximum absolute atomic E-state index is 12.1. The molecule has 0 aliphatic carbocycles. The average molecular weight is 290 g/mol. The minimum Gasteiger partial charge on any atom is -0.351 e. The second kappa shape index (κ2) is 6.02. The van der Waals surface area contributed by atoms with Gasteiger partial charge >= 0.3 is 0 Å². The van der Waals surface area contributed by atoms with Gasteiger partial charge in [0.1, 0.15) is 5.82 Å². The molecule has 0 fully saturated rings. The number of carbonyl (C=O) groups is 1. The summed E-state index contributed by atoms with van der Waals surface area (Å²) in [5.41, 5.74) is 2.87. The number of amides is 1. The van der Waals surface area contributed by atoms with Crippen LogP contribution in [-0.2, 0) is 5.41 Å². The zero-order chi connectivity index (χ0) is 14.6. The number of thiophene rings is 1. The molecule has 20 heavy (non-hydrogen) atoms. The predicted octanol–water partition coefficient (Wildman–Crippen LogP) is 2.14.